The van der Waals surface area contributed by atoms with Gasteiger partial charge in [-0.05, 0) is 73.1 Å². The van der Waals surface area contributed by atoms with E-state index < -0.39 is 0 Å². The van der Waals surface area contributed by atoms with Crippen LogP contribution in [-0.2, 0) is 10.8 Å². The van der Waals surface area contributed by atoms with E-state index in [-0.39, 0.29) is 10.8 Å². The maximum Gasteiger partial charge on any atom is 0.205 e. The van der Waals surface area contributed by atoms with Crippen LogP contribution in [0, 0.1) is 0 Å². The van der Waals surface area contributed by atoms with Crippen LogP contribution in [0.4, 0.5) is 5.13 Å². The van der Waals surface area contributed by atoms with Crippen molar-refractivity contribution in [2.75, 3.05) is 31.1 Å². The number of unbranched alkanes of at least 4 members (excludes halogenated alkanes) is 1. The second-order valence-corrected chi connectivity index (χ2v) is 11.3. The summed E-state index contributed by atoms with van der Waals surface area (Å²) < 4.78 is 4.73. The van der Waals surface area contributed by atoms with Crippen molar-refractivity contribution < 1.29 is 5.11 Å². The Labute approximate surface area is 191 Å². The van der Waals surface area contributed by atoms with Crippen LogP contribution in [0.15, 0.2) is 18.2 Å². The topological polar surface area (TPSA) is 61.3 Å². The fraction of sp³-hybridized carbons (Fsp3) is 0.680. The molecule has 2 N–H and O–H groups in total. The molecule has 0 radical (unpaired) electrons. The number of nitrogens with one attached hydrogen (secondary N) is 1. The lowest BCUT2D eigenvalue weighted by molar-refractivity contribution is 0.281. The molecule has 0 saturated carbocycles. The second kappa shape index (κ2) is 9.16. The van der Waals surface area contributed by atoms with Crippen molar-refractivity contribution >= 4 is 16.7 Å². The minimum absolute atomic E-state index is 0.200. The monoisotopic (exact) mass is 442 g/mol. The zero-order valence-electron chi connectivity index (χ0n) is 19.6. The highest BCUT2D eigenvalue weighted by Crippen LogP contribution is 2.46. The van der Waals surface area contributed by atoms with Crippen molar-refractivity contribution in [3.05, 3.63) is 29.3 Å². The maximum absolute atomic E-state index is 8.91. The number of aliphatic hydroxyl groups is 1. The van der Waals surface area contributed by atoms with Gasteiger partial charge in [0, 0.05) is 42.8 Å². The van der Waals surface area contributed by atoms with E-state index in [0.717, 1.165) is 61.8 Å². The van der Waals surface area contributed by atoms with E-state index in [1.165, 1.54) is 35.5 Å². The Morgan fingerprint density at radius 2 is 1.77 bits per heavy atom. The van der Waals surface area contributed by atoms with Crippen LogP contribution in [0.25, 0.3) is 11.4 Å². The Morgan fingerprint density at radius 1 is 1.06 bits per heavy atom. The molecule has 6 heteroatoms. The Morgan fingerprint density at radius 3 is 2.48 bits per heavy atom. The third kappa shape index (κ3) is 4.96. The first kappa shape index (κ1) is 22.7. The van der Waals surface area contributed by atoms with E-state index in [0.29, 0.717) is 12.6 Å². The lowest BCUT2D eigenvalue weighted by atomic mass is 9.63. The lowest BCUT2D eigenvalue weighted by Gasteiger charge is -2.42. The molecule has 1 fully saturated rings. The molecular formula is C25H38N4OS. The zero-order valence-corrected chi connectivity index (χ0v) is 20.4. The minimum Gasteiger partial charge on any atom is -0.396 e. The number of rotatable bonds is 7. The molecule has 0 amide bonds. The van der Waals surface area contributed by atoms with E-state index in [2.05, 4.69) is 56.1 Å². The van der Waals surface area contributed by atoms with Crippen LogP contribution < -0.4 is 10.2 Å². The number of anilines is 1. The molecule has 1 aliphatic heterocycles. The van der Waals surface area contributed by atoms with E-state index in [4.69, 9.17) is 14.5 Å². The molecule has 2 aliphatic rings. The first-order valence-corrected chi connectivity index (χ1v) is 12.7. The fourth-order valence-corrected chi connectivity index (χ4v) is 5.75. The van der Waals surface area contributed by atoms with E-state index >= 15 is 0 Å². The molecule has 2 aromatic rings. The van der Waals surface area contributed by atoms with Gasteiger partial charge in [0.25, 0.3) is 0 Å². The van der Waals surface area contributed by atoms with Gasteiger partial charge >= 0.3 is 0 Å². The first-order valence-electron chi connectivity index (χ1n) is 11.9. The normalized spacial score (nSPS) is 20.6. The molecular weight excluding hydrogens is 404 g/mol. The molecule has 5 nitrogen and oxygen atoms in total. The van der Waals surface area contributed by atoms with Crippen molar-refractivity contribution in [2.24, 2.45) is 0 Å². The molecule has 4 rings (SSSR count). The number of fused-ring (bicyclic) bond motifs is 1. The van der Waals surface area contributed by atoms with Crippen LogP contribution in [0.1, 0.15) is 77.3 Å². The highest BCUT2D eigenvalue weighted by Gasteiger charge is 2.37. The average molecular weight is 443 g/mol. The molecule has 1 aliphatic carbocycles. The average Bonchev–Trinajstić information content (AvgIpc) is 3.25. The van der Waals surface area contributed by atoms with Crippen LogP contribution >= 0.6 is 11.5 Å². The number of hydrogen-bond donors (Lipinski definition) is 2. The van der Waals surface area contributed by atoms with Gasteiger partial charge in [0.1, 0.15) is 0 Å². The number of aliphatic hydroxyl groups excluding tert-OH is 1. The smallest absolute Gasteiger partial charge is 0.205 e. The van der Waals surface area contributed by atoms with Gasteiger partial charge in [-0.2, -0.15) is 9.36 Å². The predicted octanol–water partition coefficient (Wildman–Crippen LogP) is 4.89. The third-order valence-electron chi connectivity index (χ3n) is 7.31. The van der Waals surface area contributed by atoms with E-state index in [9.17, 15) is 0 Å². The summed E-state index contributed by atoms with van der Waals surface area (Å²) in [6.45, 7) is 12.8. The Hall–Kier alpha value is -1.50. The molecule has 1 saturated heterocycles. The van der Waals surface area contributed by atoms with Gasteiger partial charge in [0.05, 0.1) is 0 Å². The molecule has 1 aromatic carbocycles. The highest BCUT2D eigenvalue weighted by atomic mass is 32.1. The summed E-state index contributed by atoms with van der Waals surface area (Å²) in [5.41, 5.74) is 4.53. The first-order chi connectivity index (χ1) is 14.8. The van der Waals surface area contributed by atoms with Crippen LogP contribution in [0.3, 0.4) is 0 Å². The number of aromatic nitrogens is 2. The quantitative estimate of drug-likeness (QED) is 0.598. The Bertz CT molecular complexity index is 883. The summed E-state index contributed by atoms with van der Waals surface area (Å²) in [4.78, 5) is 7.32. The fourth-order valence-electron chi connectivity index (χ4n) is 5.01. The van der Waals surface area contributed by atoms with Gasteiger partial charge in [0.15, 0.2) is 5.82 Å². The Kier molecular flexibility index (Phi) is 6.71. The number of nitrogens with zero attached hydrogens (tertiary/aromatic N) is 3. The number of benzene rings is 1. The van der Waals surface area contributed by atoms with Crippen LogP contribution in [-0.4, -0.2) is 46.7 Å². The molecule has 0 bridgehead atoms. The van der Waals surface area contributed by atoms with Crippen LogP contribution in [0.5, 0.6) is 0 Å². The van der Waals surface area contributed by atoms with Crippen molar-refractivity contribution in [3.63, 3.8) is 0 Å². The third-order valence-corrected chi connectivity index (χ3v) is 8.09. The van der Waals surface area contributed by atoms with Gasteiger partial charge in [-0.3, -0.25) is 0 Å². The van der Waals surface area contributed by atoms with Crippen molar-refractivity contribution in [1.82, 2.24) is 14.7 Å². The van der Waals surface area contributed by atoms with E-state index in [1.807, 2.05) is 0 Å². The van der Waals surface area contributed by atoms with Gasteiger partial charge in [-0.15, -0.1) is 0 Å². The number of hydrogen-bond acceptors (Lipinski definition) is 6. The summed E-state index contributed by atoms with van der Waals surface area (Å²) in [5.74, 6) is 0.867. The van der Waals surface area contributed by atoms with Crippen molar-refractivity contribution in [2.45, 2.75) is 83.1 Å². The SMILES string of the molecule is CC1(C)CCC(C)(C)c2cc(-c3nsc(N4CCC(NCCCCO)CC4)n3)ccc21. The molecule has 0 atom stereocenters. The van der Waals surface area contributed by atoms with Gasteiger partial charge < -0.3 is 15.3 Å². The molecule has 170 valence electrons. The highest BCUT2D eigenvalue weighted by molar-refractivity contribution is 7.09. The minimum atomic E-state index is 0.200. The zero-order chi connectivity index (χ0) is 22.1. The Balaban J connectivity index is 1.43. The summed E-state index contributed by atoms with van der Waals surface area (Å²) in [6.07, 6.45) is 6.65. The van der Waals surface area contributed by atoms with Gasteiger partial charge in [-0.1, -0.05) is 39.8 Å². The maximum atomic E-state index is 8.91. The number of piperidine rings is 1. The predicted molar refractivity (Wildman–Crippen MR) is 130 cm³/mol. The largest absolute Gasteiger partial charge is 0.396 e. The summed E-state index contributed by atoms with van der Waals surface area (Å²) in [5, 5.41) is 13.6. The van der Waals surface area contributed by atoms with Gasteiger partial charge in [-0.25, -0.2) is 0 Å². The molecule has 1 aromatic heterocycles. The summed E-state index contributed by atoms with van der Waals surface area (Å²) >= 11 is 1.53. The van der Waals surface area contributed by atoms with Gasteiger partial charge in [0.2, 0.25) is 5.13 Å². The van der Waals surface area contributed by atoms with Crippen molar-refractivity contribution in [1.29, 1.82) is 0 Å². The molecule has 0 spiro atoms. The lowest BCUT2D eigenvalue weighted by Crippen LogP contribution is -2.42. The molecule has 2 heterocycles. The van der Waals surface area contributed by atoms with Crippen molar-refractivity contribution in [3.8, 4) is 11.4 Å². The van der Waals surface area contributed by atoms with Crippen LogP contribution in [0.2, 0.25) is 0 Å². The standard InChI is InChI=1S/C25H38N4OS/c1-24(2)11-12-25(3,4)21-17-18(7-8-20(21)24)22-27-23(31-28-22)29-14-9-19(10-15-29)26-13-5-6-16-30/h7-8,17,19,26,30H,5-6,9-16H2,1-4H3. The summed E-state index contributed by atoms with van der Waals surface area (Å²) in [7, 11) is 0. The summed E-state index contributed by atoms with van der Waals surface area (Å²) in [6, 6.07) is 7.47. The molecule has 31 heavy (non-hydrogen) atoms. The second-order valence-electron chi connectivity index (χ2n) is 10.6. The van der Waals surface area contributed by atoms with E-state index in [1.54, 1.807) is 0 Å². The molecule has 0 unspecified atom stereocenters.